The van der Waals surface area contributed by atoms with Crippen LogP contribution in [0.25, 0.3) is 0 Å². The normalized spacial score (nSPS) is 11.2. The van der Waals surface area contributed by atoms with Gasteiger partial charge in [0.05, 0.1) is 0 Å². The van der Waals surface area contributed by atoms with Crippen molar-refractivity contribution >= 4 is 23.2 Å². The van der Waals surface area contributed by atoms with E-state index >= 15 is 0 Å². The molecule has 0 unspecified atom stereocenters. The molecule has 0 saturated carbocycles. The van der Waals surface area contributed by atoms with Crippen molar-refractivity contribution in [3.8, 4) is 5.75 Å². The standard InChI is InChI=1S/C11H12F3NO4S/c1-2-6-3-7(9(20-6)10(17)18)19-4-8(16)15-5-11(12,13)14/h3H,2,4-5H2,1H3,(H,15,16)(H,17,18). The number of ether oxygens (including phenoxy) is 1. The average molecular weight is 311 g/mol. The van der Waals surface area contributed by atoms with E-state index in [1.165, 1.54) is 6.07 Å². The number of amides is 1. The van der Waals surface area contributed by atoms with Crippen molar-refractivity contribution in [1.29, 1.82) is 0 Å². The Hall–Kier alpha value is -1.77. The van der Waals surface area contributed by atoms with Crippen LogP contribution in [0.4, 0.5) is 13.2 Å². The zero-order valence-electron chi connectivity index (χ0n) is 10.4. The number of aromatic carboxylic acids is 1. The lowest BCUT2D eigenvalue weighted by atomic mass is 10.3. The minimum atomic E-state index is -4.50. The van der Waals surface area contributed by atoms with Crippen molar-refractivity contribution in [3.63, 3.8) is 0 Å². The van der Waals surface area contributed by atoms with Crippen molar-refractivity contribution in [2.45, 2.75) is 19.5 Å². The molecule has 0 saturated heterocycles. The van der Waals surface area contributed by atoms with Gasteiger partial charge in [0, 0.05) is 4.88 Å². The van der Waals surface area contributed by atoms with E-state index in [1.54, 1.807) is 5.32 Å². The zero-order chi connectivity index (χ0) is 15.3. The second-order valence-corrected chi connectivity index (χ2v) is 4.88. The number of hydrogen-bond donors (Lipinski definition) is 2. The third kappa shape index (κ3) is 5.08. The summed E-state index contributed by atoms with van der Waals surface area (Å²) in [6.45, 7) is -0.307. The lowest BCUT2D eigenvalue weighted by molar-refractivity contribution is -0.139. The van der Waals surface area contributed by atoms with Gasteiger partial charge >= 0.3 is 12.1 Å². The molecule has 0 aliphatic carbocycles. The van der Waals surface area contributed by atoms with Crippen molar-refractivity contribution < 1.29 is 32.6 Å². The Labute approximate surface area is 116 Å². The molecule has 0 aliphatic rings. The van der Waals surface area contributed by atoms with E-state index in [9.17, 15) is 22.8 Å². The number of nitrogens with one attached hydrogen (secondary N) is 1. The summed E-state index contributed by atoms with van der Waals surface area (Å²) in [6, 6.07) is 1.46. The predicted molar refractivity (Wildman–Crippen MR) is 65.2 cm³/mol. The molecule has 2 N–H and O–H groups in total. The van der Waals surface area contributed by atoms with Crippen LogP contribution in [0, 0.1) is 0 Å². The topological polar surface area (TPSA) is 75.6 Å². The Morgan fingerprint density at radius 2 is 2.10 bits per heavy atom. The molecule has 0 bridgehead atoms. The number of rotatable bonds is 6. The molecule has 1 amide bonds. The Balaban J connectivity index is 2.59. The first kappa shape index (κ1) is 16.3. The summed E-state index contributed by atoms with van der Waals surface area (Å²) in [5.74, 6) is -2.19. The second-order valence-electron chi connectivity index (χ2n) is 3.75. The van der Waals surface area contributed by atoms with Crippen LogP contribution in [0.15, 0.2) is 6.07 Å². The Kier molecular flexibility index (Phi) is 5.37. The molecule has 9 heteroatoms. The number of alkyl halides is 3. The molecule has 0 aliphatic heterocycles. The van der Waals surface area contributed by atoms with Crippen LogP contribution in [-0.2, 0) is 11.2 Å². The van der Waals surface area contributed by atoms with Gasteiger partial charge in [-0.05, 0) is 12.5 Å². The summed E-state index contributed by atoms with van der Waals surface area (Å²) in [6.07, 6.45) is -3.91. The summed E-state index contributed by atoms with van der Waals surface area (Å²) in [4.78, 5) is 22.7. The van der Waals surface area contributed by atoms with Gasteiger partial charge in [0.1, 0.15) is 12.3 Å². The molecule has 5 nitrogen and oxygen atoms in total. The average Bonchev–Trinajstić information content (AvgIpc) is 2.76. The SMILES string of the molecule is CCc1cc(OCC(=O)NCC(F)(F)F)c(C(=O)O)s1. The summed E-state index contributed by atoms with van der Waals surface area (Å²) in [5, 5.41) is 10.6. The smallest absolute Gasteiger partial charge is 0.405 e. The quantitative estimate of drug-likeness (QED) is 0.843. The van der Waals surface area contributed by atoms with Crippen LogP contribution in [-0.4, -0.2) is 36.3 Å². The van der Waals surface area contributed by atoms with Crippen molar-refractivity contribution in [2.24, 2.45) is 0 Å². The number of carboxylic acids is 1. The highest BCUT2D eigenvalue weighted by atomic mass is 32.1. The lowest BCUT2D eigenvalue weighted by Gasteiger charge is -2.09. The molecule has 0 atom stereocenters. The van der Waals surface area contributed by atoms with Gasteiger partial charge in [-0.25, -0.2) is 4.79 Å². The number of carbonyl (C=O) groups excluding carboxylic acids is 1. The summed E-state index contributed by atoms with van der Waals surface area (Å²) < 4.78 is 40.6. The summed E-state index contributed by atoms with van der Waals surface area (Å²) in [5.41, 5.74) is 0. The Morgan fingerprint density at radius 3 is 2.60 bits per heavy atom. The molecule has 112 valence electrons. The maximum absolute atomic E-state index is 11.9. The number of halogens is 3. The summed E-state index contributed by atoms with van der Waals surface area (Å²) in [7, 11) is 0. The molecule has 20 heavy (non-hydrogen) atoms. The fraction of sp³-hybridized carbons (Fsp3) is 0.455. The van der Waals surface area contributed by atoms with E-state index in [0.29, 0.717) is 6.42 Å². The van der Waals surface area contributed by atoms with Gasteiger partial charge in [0.15, 0.2) is 11.5 Å². The molecule has 0 fully saturated rings. The van der Waals surface area contributed by atoms with Crippen LogP contribution in [0.3, 0.4) is 0 Å². The van der Waals surface area contributed by atoms with Crippen LogP contribution in [0.5, 0.6) is 5.75 Å². The zero-order valence-corrected chi connectivity index (χ0v) is 11.2. The first-order chi connectivity index (χ1) is 9.23. The number of carbonyl (C=O) groups is 2. The van der Waals surface area contributed by atoms with Gasteiger partial charge in [0.25, 0.3) is 5.91 Å². The molecular weight excluding hydrogens is 299 g/mol. The van der Waals surface area contributed by atoms with E-state index in [1.807, 2.05) is 6.92 Å². The molecule has 0 aromatic carbocycles. The number of hydrogen-bond acceptors (Lipinski definition) is 4. The maximum atomic E-state index is 11.9. The van der Waals surface area contributed by atoms with Gasteiger partial charge in [-0.1, -0.05) is 6.92 Å². The maximum Gasteiger partial charge on any atom is 0.405 e. The summed E-state index contributed by atoms with van der Waals surface area (Å²) >= 11 is 1.00. The van der Waals surface area contributed by atoms with Gasteiger partial charge < -0.3 is 15.2 Å². The molecule has 0 spiro atoms. The monoisotopic (exact) mass is 311 g/mol. The number of thiophene rings is 1. The van der Waals surface area contributed by atoms with E-state index in [0.717, 1.165) is 16.2 Å². The Bertz CT molecular complexity index is 498. The van der Waals surface area contributed by atoms with Gasteiger partial charge in [-0.15, -0.1) is 11.3 Å². The lowest BCUT2D eigenvalue weighted by Crippen LogP contribution is -2.36. The molecule has 1 heterocycles. The second kappa shape index (κ2) is 6.60. The highest BCUT2D eigenvalue weighted by Crippen LogP contribution is 2.29. The van der Waals surface area contributed by atoms with Crippen molar-refractivity contribution in [3.05, 3.63) is 15.8 Å². The van der Waals surface area contributed by atoms with Crippen LogP contribution >= 0.6 is 11.3 Å². The molecule has 1 rings (SSSR count). The van der Waals surface area contributed by atoms with E-state index in [4.69, 9.17) is 9.84 Å². The van der Waals surface area contributed by atoms with Crippen molar-refractivity contribution in [2.75, 3.05) is 13.2 Å². The van der Waals surface area contributed by atoms with Gasteiger partial charge in [0.2, 0.25) is 0 Å². The third-order valence-electron chi connectivity index (χ3n) is 2.14. The highest BCUT2D eigenvalue weighted by Gasteiger charge is 2.27. The largest absolute Gasteiger partial charge is 0.482 e. The predicted octanol–water partition coefficient (Wildman–Crippen LogP) is 2.07. The minimum absolute atomic E-state index is 0.0125. The molecule has 1 aromatic rings. The molecular formula is C11H12F3NO4S. The fourth-order valence-corrected chi connectivity index (χ4v) is 2.12. The first-order valence-electron chi connectivity index (χ1n) is 5.55. The van der Waals surface area contributed by atoms with Crippen LogP contribution < -0.4 is 10.1 Å². The van der Waals surface area contributed by atoms with E-state index < -0.39 is 31.2 Å². The van der Waals surface area contributed by atoms with E-state index in [-0.39, 0.29) is 10.6 Å². The van der Waals surface area contributed by atoms with Gasteiger partial charge in [-0.2, -0.15) is 13.2 Å². The van der Waals surface area contributed by atoms with Crippen LogP contribution in [0.1, 0.15) is 21.5 Å². The minimum Gasteiger partial charge on any atom is -0.482 e. The third-order valence-corrected chi connectivity index (χ3v) is 3.39. The Morgan fingerprint density at radius 1 is 1.45 bits per heavy atom. The number of aryl methyl sites for hydroxylation is 1. The fourth-order valence-electron chi connectivity index (χ4n) is 1.25. The van der Waals surface area contributed by atoms with E-state index in [2.05, 4.69) is 0 Å². The van der Waals surface area contributed by atoms with Gasteiger partial charge in [-0.3, -0.25) is 4.79 Å². The van der Waals surface area contributed by atoms with Crippen molar-refractivity contribution in [1.82, 2.24) is 5.32 Å². The number of carboxylic acid groups (broad SMARTS) is 1. The first-order valence-corrected chi connectivity index (χ1v) is 6.37. The highest BCUT2D eigenvalue weighted by molar-refractivity contribution is 7.14. The molecule has 0 radical (unpaired) electrons. The van der Waals surface area contributed by atoms with Crippen LogP contribution in [0.2, 0.25) is 0 Å². The molecule has 1 aromatic heterocycles.